The van der Waals surface area contributed by atoms with Crippen molar-refractivity contribution in [1.82, 2.24) is 20.3 Å². The Hall–Kier alpha value is -3.65. The summed E-state index contributed by atoms with van der Waals surface area (Å²) in [7, 11) is 0. The highest BCUT2D eigenvalue weighted by molar-refractivity contribution is 5.96. The number of anilines is 3. The highest BCUT2D eigenvalue weighted by Crippen LogP contribution is 2.45. The van der Waals surface area contributed by atoms with Crippen molar-refractivity contribution in [1.29, 1.82) is 0 Å². The molecule has 2 aliphatic rings. The topological polar surface area (TPSA) is 74.8 Å². The van der Waals surface area contributed by atoms with Crippen LogP contribution in [-0.4, -0.2) is 34.1 Å². The predicted molar refractivity (Wildman–Crippen MR) is 129 cm³/mol. The second-order valence-electron chi connectivity index (χ2n) is 8.94. The number of nitrogens with zero attached hydrogens (tertiary/aromatic N) is 3. The number of aromatic nitrogens is 3. The van der Waals surface area contributed by atoms with Crippen LogP contribution in [0.1, 0.15) is 30.7 Å². The minimum Gasteiger partial charge on any atom is -0.380 e. The molecular formula is C26H24F2N6. The van der Waals surface area contributed by atoms with Gasteiger partial charge in [-0.1, -0.05) is 6.07 Å². The quantitative estimate of drug-likeness (QED) is 0.361. The summed E-state index contributed by atoms with van der Waals surface area (Å²) in [5, 5.41) is 11.0. The summed E-state index contributed by atoms with van der Waals surface area (Å²) >= 11 is 0. The van der Waals surface area contributed by atoms with E-state index >= 15 is 0 Å². The number of pyridine rings is 3. The monoisotopic (exact) mass is 458 g/mol. The van der Waals surface area contributed by atoms with Crippen LogP contribution in [0.15, 0.2) is 55.0 Å². The molecule has 0 radical (unpaired) electrons. The Labute approximate surface area is 195 Å². The molecule has 1 saturated heterocycles. The molecule has 6 rings (SSSR count). The number of fused-ring (bicyclic) bond motifs is 1. The van der Waals surface area contributed by atoms with E-state index in [4.69, 9.17) is 4.98 Å². The molecule has 4 aromatic rings. The van der Waals surface area contributed by atoms with Crippen molar-refractivity contribution >= 4 is 28.1 Å². The van der Waals surface area contributed by atoms with E-state index in [0.717, 1.165) is 47.4 Å². The maximum Gasteiger partial charge on any atom is 0.149 e. The molecule has 1 aromatic carbocycles. The Morgan fingerprint density at radius 1 is 1.00 bits per heavy atom. The lowest BCUT2D eigenvalue weighted by Gasteiger charge is -2.18. The van der Waals surface area contributed by atoms with Crippen LogP contribution in [0.5, 0.6) is 0 Å². The van der Waals surface area contributed by atoms with Crippen molar-refractivity contribution in [3.8, 4) is 11.3 Å². The fourth-order valence-corrected chi connectivity index (χ4v) is 4.58. The first kappa shape index (κ1) is 20.9. The average molecular weight is 459 g/mol. The molecular weight excluding hydrogens is 434 g/mol. The predicted octanol–water partition coefficient (Wildman–Crippen LogP) is 5.36. The van der Waals surface area contributed by atoms with Crippen molar-refractivity contribution in [3.63, 3.8) is 0 Å². The Balaban J connectivity index is 1.42. The summed E-state index contributed by atoms with van der Waals surface area (Å²) in [5.74, 6) is -0.473. The molecule has 0 bridgehead atoms. The number of nitrogens with one attached hydrogen (secondary N) is 3. The minimum atomic E-state index is -0.675. The first-order valence-electron chi connectivity index (χ1n) is 11.6. The van der Waals surface area contributed by atoms with Crippen molar-refractivity contribution < 1.29 is 8.78 Å². The summed E-state index contributed by atoms with van der Waals surface area (Å²) in [6.45, 7) is 1.91. The highest BCUT2D eigenvalue weighted by atomic mass is 19.1. The third kappa shape index (κ3) is 4.05. The Kier molecular flexibility index (Phi) is 5.30. The van der Waals surface area contributed by atoms with Gasteiger partial charge in [-0.05, 0) is 67.6 Å². The van der Waals surface area contributed by atoms with Gasteiger partial charge in [-0.15, -0.1) is 0 Å². The van der Waals surface area contributed by atoms with Gasteiger partial charge in [0.05, 0.1) is 17.4 Å². The molecule has 1 aliphatic carbocycles. The summed E-state index contributed by atoms with van der Waals surface area (Å²) in [4.78, 5) is 13.6. The third-order valence-electron chi connectivity index (χ3n) is 6.46. The van der Waals surface area contributed by atoms with E-state index in [2.05, 4.69) is 32.0 Å². The van der Waals surface area contributed by atoms with Gasteiger partial charge in [0.1, 0.15) is 23.1 Å². The zero-order chi connectivity index (χ0) is 23.1. The van der Waals surface area contributed by atoms with Gasteiger partial charge in [0, 0.05) is 41.6 Å². The molecule has 2 fully saturated rings. The molecule has 1 saturated carbocycles. The number of hydrogen-bond acceptors (Lipinski definition) is 6. The number of para-hydroxylation sites is 1. The van der Waals surface area contributed by atoms with Gasteiger partial charge in [-0.2, -0.15) is 0 Å². The Morgan fingerprint density at radius 2 is 1.85 bits per heavy atom. The molecule has 0 amide bonds. The molecule has 3 N–H and O–H groups in total. The van der Waals surface area contributed by atoms with Crippen molar-refractivity contribution in [2.24, 2.45) is 0 Å². The van der Waals surface area contributed by atoms with Crippen molar-refractivity contribution in [2.75, 3.05) is 23.7 Å². The lowest BCUT2D eigenvalue weighted by molar-refractivity contribution is 0.590. The van der Waals surface area contributed by atoms with E-state index in [9.17, 15) is 8.78 Å². The van der Waals surface area contributed by atoms with Gasteiger partial charge in [0.2, 0.25) is 0 Å². The molecule has 1 atom stereocenters. The maximum absolute atomic E-state index is 14.1. The van der Waals surface area contributed by atoms with Crippen molar-refractivity contribution in [2.45, 2.75) is 31.2 Å². The lowest BCUT2D eigenvalue weighted by Crippen LogP contribution is -2.22. The van der Waals surface area contributed by atoms with E-state index in [1.807, 2.05) is 12.3 Å². The molecule has 1 aliphatic heterocycles. The van der Waals surface area contributed by atoms with Gasteiger partial charge < -0.3 is 16.0 Å². The molecule has 0 spiro atoms. The fourth-order valence-electron chi connectivity index (χ4n) is 4.58. The zero-order valence-electron chi connectivity index (χ0n) is 18.5. The van der Waals surface area contributed by atoms with E-state index in [0.29, 0.717) is 17.8 Å². The van der Waals surface area contributed by atoms with E-state index in [-0.39, 0.29) is 5.69 Å². The zero-order valence-corrected chi connectivity index (χ0v) is 18.5. The summed E-state index contributed by atoms with van der Waals surface area (Å²) in [6, 6.07) is 9.75. The number of benzene rings is 1. The Bertz CT molecular complexity index is 1340. The second-order valence-corrected chi connectivity index (χ2v) is 8.94. The van der Waals surface area contributed by atoms with Gasteiger partial charge in [0.15, 0.2) is 0 Å². The third-order valence-corrected chi connectivity index (χ3v) is 6.46. The van der Waals surface area contributed by atoms with Crippen LogP contribution in [-0.2, 0) is 0 Å². The molecule has 8 heteroatoms. The van der Waals surface area contributed by atoms with E-state index < -0.39 is 11.6 Å². The standard InChI is InChI=1S/C26H24F2N6/c27-19-2-1-3-20(28)26(19)34-24-10-16(6-9-31-24)21-11-22(32-17-7-8-29-12-17)25-18(15-4-5-15)13-30-14-23(25)33-21/h1-3,6,9-11,13-15,17,29H,4-5,7-8,12H2,(H,31,34)(H,32,33)/t17-/m0/s1. The van der Waals surface area contributed by atoms with Gasteiger partial charge >= 0.3 is 0 Å². The number of hydrogen-bond donors (Lipinski definition) is 3. The normalized spacial score (nSPS) is 17.8. The Morgan fingerprint density at radius 3 is 2.62 bits per heavy atom. The largest absolute Gasteiger partial charge is 0.380 e. The molecule has 172 valence electrons. The first-order valence-corrected chi connectivity index (χ1v) is 11.6. The van der Waals surface area contributed by atoms with Crippen LogP contribution in [0.4, 0.5) is 26.0 Å². The fraction of sp³-hybridized carbons (Fsp3) is 0.269. The lowest BCUT2D eigenvalue weighted by atomic mass is 10.0. The maximum atomic E-state index is 14.1. The van der Waals surface area contributed by atoms with Crippen LogP contribution in [0.3, 0.4) is 0 Å². The van der Waals surface area contributed by atoms with Gasteiger partial charge in [0.25, 0.3) is 0 Å². The SMILES string of the molecule is Fc1cccc(F)c1Nc1cc(-c2cc(N[C@H]3CCNC3)c3c(C4CC4)cncc3n2)ccn1. The van der Waals surface area contributed by atoms with Gasteiger partial charge in [-0.25, -0.2) is 18.7 Å². The van der Waals surface area contributed by atoms with Crippen LogP contribution in [0.2, 0.25) is 0 Å². The van der Waals surface area contributed by atoms with E-state index in [1.165, 1.54) is 36.6 Å². The van der Waals surface area contributed by atoms with Crippen LogP contribution >= 0.6 is 0 Å². The summed E-state index contributed by atoms with van der Waals surface area (Å²) in [6.07, 6.45) is 8.79. The number of rotatable bonds is 6. The smallest absolute Gasteiger partial charge is 0.149 e. The summed E-state index contributed by atoms with van der Waals surface area (Å²) in [5.41, 5.74) is 4.44. The second kappa shape index (κ2) is 8.61. The van der Waals surface area contributed by atoms with E-state index in [1.54, 1.807) is 18.5 Å². The summed E-state index contributed by atoms with van der Waals surface area (Å²) < 4.78 is 28.3. The molecule has 4 heterocycles. The molecule has 34 heavy (non-hydrogen) atoms. The highest BCUT2D eigenvalue weighted by Gasteiger charge is 2.28. The van der Waals surface area contributed by atoms with Gasteiger partial charge in [-0.3, -0.25) is 4.98 Å². The van der Waals surface area contributed by atoms with Crippen LogP contribution < -0.4 is 16.0 Å². The number of halogens is 2. The molecule has 3 aromatic heterocycles. The minimum absolute atomic E-state index is 0.229. The molecule has 6 nitrogen and oxygen atoms in total. The van der Waals surface area contributed by atoms with Crippen molar-refractivity contribution in [3.05, 3.63) is 72.2 Å². The van der Waals surface area contributed by atoms with Crippen LogP contribution in [0.25, 0.3) is 22.2 Å². The molecule has 0 unspecified atom stereocenters. The van der Waals surface area contributed by atoms with Crippen LogP contribution in [0, 0.1) is 11.6 Å². The average Bonchev–Trinajstić information content (AvgIpc) is 3.57. The first-order chi connectivity index (χ1) is 16.7.